The molecule has 1 saturated heterocycles. The third-order valence-electron chi connectivity index (χ3n) is 4.79. The molecule has 0 spiro atoms. The van der Waals surface area contributed by atoms with Gasteiger partial charge in [-0.15, -0.1) is 0 Å². The molecule has 1 fully saturated rings. The summed E-state index contributed by atoms with van der Waals surface area (Å²) in [6, 6.07) is 8.85. The molecule has 0 aromatic heterocycles. The van der Waals surface area contributed by atoms with Crippen LogP contribution in [0.15, 0.2) is 30.3 Å². The van der Waals surface area contributed by atoms with Gasteiger partial charge in [0.1, 0.15) is 6.10 Å². The van der Waals surface area contributed by atoms with Crippen LogP contribution in [0.4, 0.5) is 0 Å². The van der Waals surface area contributed by atoms with Crippen LogP contribution in [0.5, 0.6) is 0 Å². The monoisotopic (exact) mass is 338 g/mol. The van der Waals surface area contributed by atoms with Gasteiger partial charge in [0, 0.05) is 26.2 Å². The number of aliphatic hydroxyl groups is 1. The van der Waals surface area contributed by atoms with Crippen LogP contribution in [-0.2, 0) is 18.9 Å². The van der Waals surface area contributed by atoms with Crippen molar-refractivity contribution in [3.63, 3.8) is 0 Å². The molecule has 0 amide bonds. The lowest BCUT2D eigenvalue weighted by molar-refractivity contribution is -0.442. The number of ether oxygens (including phenoxy) is 4. The Hall–Kier alpha value is -1.31. The summed E-state index contributed by atoms with van der Waals surface area (Å²) in [6.45, 7) is 5.03. The number of carbonyl (C=O) groups is 1. The summed E-state index contributed by atoms with van der Waals surface area (Å²) in [5, 5.41) is 10.8. The van der Waals surface area contributed by atoms with E-state index in [1.165, 1.54) is 14.2 Å². The number of benzene rings is 1. The van der Waals surface area contributed by atoms with Crippen LogP contribution in [0.3, 0.4) is 0 Å². The first-order valence-electron chi connectivity index (χ1n) is 7.90. The molecular formula is C18H26O6. The first kappa shape index (κ1) is 19.0. The third kappa shape index (κ3) is 3.53. The number of methoxy groups -OCH3 is 2. The molecule has 134 valence electrons. The molecule has 1 aliphatic heterocycles. The largest absolute Gasteiger partial charge is 0.387 e. The maximum Gasteiger partial charge on any atom is 0.220 e. The smallest absolute Gasteiger partial charge is 0.220 e. The Morgan fingerprint density at radius 3 is 2.38 bits per heavy atom. The Morgan fingerprint density at radius 1 is 1.25 bits per heavy atom. The summed E-state index contributed by atoms with van der Waals surface area (Å²) in [7, 11) is 2.98. The number of hydrogen-bond acceptors (Lipinski definition) is 6. The first-order chi connectivity index (χ1) is 11.2. The van der Waals surface area contributed by atoms with Gasteiger partial charge in [-0.1, -0.05) is 30.3 Å². The number of rotatable bonds is 6. The van der Waals surface area contributed by atoms with E-state index in [0.717, 1.165) is 0 Å². The SMILES string of the molecule is CO[C@]1(C)OC[C@@H]([C@](C)(O)CC(=O)c2ccccc2)O[C@@]1(C)OC. The Morgan fingerprint density at radius 2 is 1.83 bits per heavy atom. The Labute approximate surface area is 142 Å². The highest BCUT2D eigenvalue weighted by Gasteiger charge is 2.56. The van der Waals surface area contributed by atoms with Crippen molar-refractivity contribution < 1.29 is 28.8 Å². The van der Waals surface area contributed by atoms with Crippen LogP contribution in [0.1, 0.15) is 37.6 Å². The second kappa shape index (κ2) is 6.90. The zero-order chi connectivity index (χ0) is 18.0. The quantitative estimate of drug-likeness (QED) is 0.801. The molecule has 6 nitrogen and oxygen atoms in total. The first-order valence-corrected chi connectivity index (χ1v) is 7.90. The Balaban J connectivity index is 2.14. The predicted molar refractivity (Wildman–Crippen MR) is 87.7 cm³/mol. The molecule has 0 unspecified atom stereocenters. The standard InChI is InChI=1S/C18H26O6/c1-16(20,11-14(19)13-9-7-6-8-10-13)15-12-23-17(2,21-4)18(3,22-5)24-15/h6-10,15,20H,11-12H2,1-5H3/t15-,16+,17+,18+/m0/s1. The van der Waals surface area contributed by atoms with Gasteiger partial charge in [0.25, 0.3) is 0 Å². The Bertz CT molecular complexity index is 572. The molecule has 4 atom stereocenters. The van der Waals surface area contributed by atoms with E-state index in [0.29, 0.717) is 5.56 Å². The van der Waals surface area contributed by atoms with Crippen LogP contribution < -0.4 is 0 Å². The van der Waals surface area contributed by atoms with Gasteiger partial charge < -0.3 is 24.1 Å². The van der Waals surface area contributed by atoms with Gasteiger partial charge in [0.05, 0.1) is 12.2 Å². The highest BCUT2D eigenvalue weighted by Crippen LogP contribution is 2.39. The molecule has 6 heteroatoms. The van der Waals surface area contributed by atoms with Crippen molar-refractivity contribution in [2.45, 2.75) is 50.5 Å². The fourth-order valence-corrected chi connectivity index (χ4v) is 2.73. The van der Waals surface area contributed by atoms with Crippen molar-refractivity contribution in [1.82, 2.24) is 0 Å². The molecule has 0 radical (unpaired) electrons. The van der Waals surface area contributed by atoms with Crippen molar-refractivity contribution in [3.8, 4) is 0 Å². The van der Waals surface area contributed by atoms with Gasteiger partial charge in [-0.25, -0.2) is 0 Å². The second-order valence-electron chi connectivity index (χ2n) is 6.54. The molecule has 1 N–H and O–H groups in total. The van der Waals surface area contributed by atoms with E-state index in [1.54, 1.807) is 45.0 Å². The van der Waals surface area contributed by atoms with E-state index in [2.05, 4.69) is 0 Å². The zero-order valence-corrected chi connectivity index (χ0v) is 14.9. The number of hydrogen-bond donors (Lipinski definition) is 1. The summed E-state index contributed by atoms with van der Waals surface area (Å²) in [5.41, 5.74) is -0.868. The fourth-order valence-electron chi connectivity index (χ4n) is 2.73. The zero-order valence-electron chi connectivity index (χ0n) is 14.9. The minimum atomic E-state index is -1.41. The van der Waals surface area contributed by atoms with Crippen molar-refractivity contribution in [1.29, 1.82) is 0 Å². The van der Waals surface area contributed by atoms with Crippen molar-refractivity contribution >= 4 is 5.78 Å². The molecule has 1 heterocycles. The third-order valence-corrected chi connectivity index (χ3v) is 4.79. The molecule has 1 aromatic carbocycles. The minimum Gasteiger partial charge on any atom is -0.387 e. The number of carbonyl (C=O) groups excluding carboxylic acids is 1. The van der Waals surface area contributed by atoms with E-state index in [4.69, 9.17) is 18.9 Å². The molecule has 1 aliphatic rings. The van der Waals surface area contributed by atoms with Gasteiger partial charge in [-0.3, -0.25) is 4.79 Å². The van der Waals surface area contributed by atoms with Crippen LogP contribution in [0.25, 0.3) is 0 Å². The second-order valence-corrected chi connectivity index (χ2v) is 6.54. The predicted octanol–water partition coefficient (Wildman–Crippen LogP) is 2.15. The molecule has 1 aromatic rings. The van der Waals surface area contributed by atoms with Crippen molar-refractivity contribution in [3.05, 3.63) is 35.9 Å². The molecule has 0 bridgehead atoms. The van der Waals surface area contributed by atoms with Crippen molar-refractivity contribution in [2.75, 3.05) is 20.8 Å². The molecule has 0 saturated carbocycles. The molecule has 2 rings (SSSR count). The summed E-state index contributed by atoms with van der Waals surface area (Å²) < 4.78 is 22.5. The van der Waals surface area contributed by atoms with E-state index in [1.807, 2.05) is 6.07 Å². The average Bonchev–Trinajstić information content (AvgIpc) is 2.57. The lowest BCUT2D eigenvalue weighted by Crippen LogP contribution is -2.66. The van der Waals surface area contributed by atoms with E-state index in [-0.39, 0.29) is 18.8 Å². The van der Waals surface area contributed by atoms with Gasteiger partial charge >= 0.3 is 0 Å². The van der Waals surface area contributed by atoms with Crippen LogP contribution in [0.2, 0.25) is 0 Å². The molecule has 0 aliphatic carbocycles. The lowest BCUT2D eigenvalue weighted by atomic mass is 9.89. The van der Waals surface area contributed by atoms with E-state index in [9.17, 15) is 9.90 Å². The van der Waals surface area contributed by atoms with Gasteiger partial charge in [-0.2, -0.15) is 0 Å². The van der Waals surface area contributed by atoms with Crippen LogP contribution >= 0.6 is 0 Å². The highest BCUT2D eigenvalue weighted by atomic mass is 16.8. The molecular weight excluding hydrogens is 312 g/mol. The minimum absolute atomic E-state index is 0.0817. The van der Waals surface area contributed by atoms with Crippen molar-refractivity contribution in [2.24, 2.45) is 0 Å². The van der Waals surface area contributed by atoms with E-state index < -0.39 is 23.3 Å². The number of Topliss-reactive ketones (excluding diaryl/α,β-unsaturated/α-hetero) is 1. The van der Waals surface area contributed by atoms with Crippen LogP contribution in [0, 0.1) is 0 Å². The average molecular weight is 338 g/mol. The summed E-state index contributed by atoms with van der Waals surface area (Å²) >= 11 is 0. The Kier molecular flexibility index (Phi) is 5.47. The van der Waals surface area contributed by atoms with E-state index >= 15 is 0 Å². The fraction of sp³-hybridized carbons (Fsp3) is 0.611. The summed E-state index contributed by atoms with van der Waals surface area (Å²) in [5.74, 6) is -2.49. The maximum atomic E-state index is 12.4. The summed E-state index contributed by atoms with van der Waals surface area (Å²) in [6.07, 6.45) is -0.826. The van der Waals surface area contributed by atoms with Gasteiger partial charge in [0.2, 0.25) is 11.6 Å². The van der Waals surface area contributed by atoms with Gasteiger partial charge in [0.15, 0.2) is 5.78 Å². The lowest BCUT2D eigenvalue weighted by Gasteiger charge is -2.51. The summed E-state index contributed by atoms with van der Waals surface area (Å²) in [4.78, 5) is 12.4. The highest BCUT2D eigenvalue weighted by molar-refractivity contribution is 5.96. The van der Waals surface area contributed by atoms with Crippen LogP contribution in [-0.4, -0.2) is 55.0 Å². The topological polar surface area (TPSA) is 74.2 Å². The maximum absolute atomic E-state index is 12.4. The normalized spacial score (nSPS) is 33.0. The number of ketones is 1. The molecule has 24 heavy (non-hydrogen) atoms. The van der Waals surface area contributed by atoms with Gasteiger partial charge in [-0.05, 0) is 20.8 Å².